The summed E-state index contributed by atoms with van der Waals surface area (Å²) >= 11 is 11.7. The molecule has 0 saturated heterocycles. The molecule has 0 fully saturated rings. The topological polar surface area (TPSA) is 22.2 Å². The van der Waals surface area contributed by atoms with E-state index in [9.17, 15) is 0 Å². The smallest absolute Gasteiger partial charge is 0.174 e. The Morgan fingerprint density at radius 3 is 2.12 bits per heavy atom. The summed E-state index contributed by atoms with van der Waals surface area (Å²) in [4.78, 5) is 4.85. The third kappa shape index (κ3) is 2.14. The molecule has 5 heteroatoms. The second-order valence-corrected chi connectivity index (χ2v) is 6.83. The van der Waals surface area contributed by atoms with E-state index in [1.54, 1.807) is 0 Å². The molecule has 0 radical (unpaired) electrons. The van der Waals surface area contributed by atoms with Gasteiger partial charge in [0.2, 0.25) is 0 Å². The number of rotatable bonds is 1. The summed E-state index contributed by atoms with van der Waals surface area (Å²) in [5.41, 5.74) is 4.56. The molecule has 5 aromatic rings. The maximum absolute atomic E-state index is 5.86. The predicted octanol–water partition coefficient (Wildman–Crippen LogP) is 5.89. The van der Waals surface area contributed by atoms with E-state index in [1.807, 2.05) is 71.1 Å². The van der Waals surface area contributed by atoms with E-state index in [0.29, 0.717) is 10.3 Å². The van der Waals surface area contributed by atoms with Gasteiger partial charge in [-0.2, -0.15) is 0 Å². The molecule has 0 bridgehead atoms. The fourth-order valence-corrected chi connectivity index (χ4v) is 4.08. The molecule has 0 aliphatic carbocycles. The van der Waals surface area contributed by atoms with Crippen molar-refractivity contribution < 1.29 is 0 Å². The van der Waals surface area contributed by atoms with Gasteiger partial charge in [0, 0.05) is 11.1 Å². The molecule has 2 aromatic heterocycles. The van der Waals surface area contributed by atoms with Crippen LogP contribution in [-0.4, -0.2) is 14.0 Å². The first-order chi connectivity index (χ1) is 12.8. The quantitative estimate of drug-likeness (QED) is 0.208. The number of para-hydroxylation sites is 4. The zero-order chi connectivity index (χ0) is 17.7. The Labute approximate surface area is 159 Å². The average molecular weight is 371 g/mol. The van der Waals surface area contributed by atoms with Crippen LogP contribution >= 0.6 is 24.4 Å². The lowest BCUT2D eigenvalue weighted by atomic mass is 10.2. The molecule has 2 heterocycles. The van der Waals surface area contributed by atoms with Crippen molar-refractivity contribution in [3.8, 4) is 5.69 Å². The van der Waals surface area contributed by atoms with E-state index in [0.717, 1.165) is 32.3 Å². The van der Waals surface area contributed by atoms with Crippen LogP contribution in [0.4, 0.5) is 0 Å². The summed E-state index contributed by atoms with van der Waals surface area (Å²) in [5.74, 6) is 0. The second kappa shape index (κ2) is 5.83. The van der Waals surface area contributed by atoms with Gasteiger partial charge in [-0.1, -0.05) is 66.9 Å². The minimum Gasteiger partial charge on any atom is -0.296 e. The Morgan fingerprint density at radius 1 is 0.654 bits per heavy atom. The molecule has 124 valence electrons. The van der Waals surface area contributed by atoms with Gasteiger partial charge in [-0.25, -0.2) is 4.98 Å². The standard InChI is InChI=1S/C21H13N3S2/c25-20-15-10-4-5-11-16(15)22-19-21(26)23(14-8-2-1-3-9-14)17-12-6-7-13-18(17)24(19)20/h1-13H. The Morgan fingerprint density at radius 2 is 1.31 bits per heavy atom. The van der Waals surface area contributed by atoms with Crippen molar-refractivity contribution in [3.05, 3.63) is 88.1 Å². The van der Waals surface area contributed by atoms with Gasteiger partial charge in [-0.3, -0.25) is 8.97 Å². The number of nitrogens with zero attached hydrogens (tertiary/aromatic N) is 3. The van der Waals surface area contributed by atoms with Gasteiger partial charge in [-0.05, 0) is 36.4 Å². The summed E-state index contributed by atoms with van der Waals surface area (Å²) in [7, 11) is 0. The molecule has 26 heavy (non-hydrogen) atoms. The van der Waals surface area contributed by atoms with Crippen LogP contribution in [0.25, 0.3) is 33.3 Å². The molecule has 0 saturated carbocycles. The third-order valence-corrected chi connectivity index (χ3v) is 5.32. The molecule has 0 atom stereocenters. The highest BCUT2D eigenvalue weighted by Gasteiger charge is 2.12. The fourth-order valence-electron chi connectivity index (χ4n) is 3.38. The van der Waals surface area contributed by atoms with E-state index >= 15 is 0 Å². The van der Waals surface area contributed by atoms with Crippen LogP contribution in [0.5, 0.6) is 0 Å². The number of hydrogen-bond acceptors (Lipinski definition) is 3. The zero-order valence-corrected chi connectivity index (χ0v) is 15.3. The summed E-state index contributed by atoms with van der Waals surface area (Å²) < 4.78 is 5.44. The van der Waals surface area contributed by atoms with Crippen molar-refractivity contribution in [1.29, 1.82) is 0 Å². The normalized spacial score (nSPS) is 11.4. The lowest BCUT2D eigenvalue weighted by molar-refractivity contribution is 1.03. The molecule has 3 nitrogen and oxygen atoms in total. The molecule has 0 aliphatic heterocycles. The monoisotopic (exact) mass is 371 g/mol. The van der Waals surface area contributed by atoms with Crippen molar-refractivity contribution in [2.45, 2.75) is 0 Å². The number of aromatic nitrogens is 3. The molecule has 0 spiro atoms. The Kier molecular flexibility index (Phi) is 3.45. The van der Waals surface area contributed by atoms with E-state index in [-0.39, 0.29) is 0 Å². The van der Waals surface area contributed by atoms with Crippen molar-refractivity contribution in [2.24, 2.45) is 0 Å². The second-order valence-electron chi connectivity index (χ2n) is 6.06. The fraction of sp³-hybridized carbons (Fsp3) is 0. The highest BCUT2D eigenvalue weighted by atomic mass is 32.1. The van der Waals surface area contributed by atoms with E-state index in [4.69, 9.17) is 29.4 Å². The SMILES string of the molecule is S=c1c2nc3ccccc3c(=S)n2c2ccccc2n1-c1ccccc1. The minimum absolute atomic E-state index is 0.645. The van der Waals surface area contributed by atoms with Gasteiger partial charge in [0.25, 0.3) is 0 Å². The van der Waals surface area contributed by atoms with Gasteiger partial charge >= 0.3 is 0 Å². The van der Waals surface area contributed by atoms with Crippen LogP contribution in [0.2, 0.25) is 0 Å². The molecule has 0 aliphatic rings. The Balaban J connectivity index is 2.11. The first-order valence-corrected chi connectivity index (χ1v) is 9.08. The Hall–Kier alpha value is -2.89. The number of hydrogen-bond donors (Lipinski definition) is 0. The van der Waals surface area contributed by atoms with E-state index in [1.165, 1.54) is 0 Å². The van der Waals surface area contributed by atoms with Gasteiger partial charge < -0.3 is 0 Å². The van der Waals surface area contributed by atoms with Gasteiger partial charge in [0.05, 0.1) is 16.6 Å². The lowest BCUT2D eigenvalue weighted by Gasteiger charge is -2.16. The summed E-state index contributed by atoms with van der Waals surface area (Å²) in [6, 6.07) is 26.2. The van der Waals surface area contributed by atoms with Gasteiger partial charge in [0.15, 0.2) is 10.3 Å². The first-order valence-electron chi connectivity index (χ1n) is 8.26. The molecule has 3 aromatic carbocycles. The minimum atomic E-state index is 0.645. The van der Waals surface area contributed by atoms with Crippen molar-refractivity contribution in [3.63, 3.8) is 0 Å². The summed E-state index contributed by atoms with van der Waals surface area (Å²) in [5, 5.41) is 0.956. The molecular formula is C21H13N3S2. The maximum atomic E-state index is 5.86. The molecule has 5 rings (SSSR count). The van der Waals surface area contributed by atoms with Crippen molar-refractivity contribution in [1.82, 2.24) is 14.0 Å². The van der Waals surface area contributed by atoms with Gasteiger partial charge in [-0.15, -0.1) is 0 Å². The highest BCUT2D eigenvalue weighted by Crippen LogP contribution is 2.25. The molecule has 0 N–H and O–H groups in total. The van der Waals surface area contributed by atoms with Crippen LogP contribution in [0, 0.1) is 9.28 Å². The van der Waals surface area contributed by atoms with E-state index < -0.39 is 0 Å². The first kappa shape index (κ1) is 15.4. The van der Waals surface area contributed by atoms with Crippen molar-refractivity contribution in [2.75, 3.05) is 0 Å². The largest absolute Gasteiger partial charge is 0.296 e. The van der Waals surface area contributed by atoms with E-state index in [2.05, 4.69) is 16.7 Å². The summed E-state index contributed by atoms with van der Waals surface area (Å²) in [6.45, 7) is 0. The highest BCUT2D eigenvalue weighted by molar-refractivity contribution is 7.72. The third-order valence-electron chi connectivity index (χ3n) is 4.55. The lowest BCUT2D eigenvalue weighted by Crippen LogP contribution is -2.07. The number of fused-ring (bicyclic) bond motifs is 4. The molecular weight excluding hydrogens is 358 g/mol. The zero-order valence-electron chi connectivity index (χ0n) is 13.7. The van der Waals surface area contributed by atoms with Crippen LogP contribution in [0.15, 0.2) is 78.9 Å². The maximum Gasteiger partial charge on any atom is 0.174 e. The summed E-state index contributed by atoms with van der Waals surface area (Å²) in [6.07, 6.45) is 0. The van der Waals surface area contributed by atoms with Crippen LogP contribution in [-0.2, 0) is 0 Å². The van der Waals surface area contributed by atoms with Crippen LogP contribution in [0.1, 0.15) is 0 Å². The van der Waals surface area contributed by atoms with Crippen LogP contribution < -0.4 is 0 Å². The van der Waals surface area contributed by atoms with Crippen molar-refractivity contribution >= 4 is 52.0 Å². The molecule has 0 unspecified atom stereocenters. The Bertz CT molecular complexity index is 1420. The number of benzene rings is 3. The van der Waals surface area contributed by atoms with Crippen LogP contribution in [0.3, 0.4) is 0 Å². The average Bonchev–Trinajstić information content (AvgIpc) is 2.69. The van der Waals surface area contributed by atoms with Gasteiger partial charge in [0.1, 0.15) is 4.64 Å². The predicted molar refractivity (Wildman–Crippen MR) is 111 cm³/mol. The molecule has 0 amide bonds.